The summed E-state index contributed by atoms with van der Waals surface area (Å²) in [5.74, 6) is -0.00506. The third-order valence-electron chi connectivity index (χ3n) is 5.40. The van der Waals surface area contributed by atoms with Gasteiger partial charge in [-0.15, -0.1) is 0 Å². The molecule has 1 aromatic heterocycles. The first-order valence-electron chi connectivity index (χ1n) is 9.28. The largest absolute Gasteiger partial charge is 0.340 e. The van der Waals surface area contributed by atoms with Crippen molar-refractivity contribution in [2.45, 2.75) is 45.2 Å². The molecule has 28 heavy (non-hydrogen) atoms. The van der Waals surface area contributed by atoms with Crippen LogP contribution in [0.25, 0.3) is 0 Å². The van der Waals surface area contributed by atoms with E-state index in [4.69, 9.17) is 4.52 Å². The Morgan fingerprint density at radius 1 is 1.39 bits per heavy atom. The number of aryl methyl sites for hydroxylation is 2. The lowest BCUT2D eigenvalue weighted by Gasteiger charge is -2.44. The normalized spacial score (nSPS) is 22.7. The molecule has 0 aliphatic carbocycles. The highest BCUT2D eigenvalue weighted by Gasteiger charge is 2.50. The van der Waals surface area contributed by atoms with Crippen LogP contribution < -0.4 is 5.43 Å². The number of carbonyl (C=O) groups excluding carboxylic acids is 2. The second-order valence-corrected chi connectivity index (χ2v) is 7.58. The van der Waals surface area contributed by atoms with Crippen LogP contribution in [0.5, 0.6) is 0 Å². The van der Waals surface area contributed by atoms with Crippen LogP contribution >= 0.6 is 0 Å². The van der Waals surface area contributed by atoms with Gasteiger partial charge in [-0.1, -0.05) is 11.2 Å². The fourth-order valence-corrected chi connectivity index (χ4v) is 4.15. The summed E-state index contributed by atoms with van der Waals surface area (Å²) in [5, 5.41) is 5.34. The van der Waals surface area contributed by atoms with E-state index in [-0.39, 0.29) is 23.8 Å². The zero-order valence-corrected chi connectivity index (χ0v) is 15.9. The molecular formula is C19H22FN5O3. The number of piperidine rings is 1. The number of hydrazine groups is 1. The van der Waals surface area contributed by atoms with Gasteiger partial charge in [-0.25, -0.2) is 9.40 Å². The zero-order chi connectivity index (χ0) is 19.9. The van der Waals surface area contributed by atoms with E-state index in [0.717, 1.165) is 13.0 Å². The van der Waals surface area contributed by atoms with Gasteiger partial charge >= 0.3 is 0 Å². The van der Waals surface area contributed by atoms with E-state index in [2.05, 4.69) is 20.5 Å². The quantitative estimate of drug-likeness (QED) is 0.863. The topological polar surface area (TPSA) is 91.6 Å². The Morgan fingerprint density at radius 2 is 2.21 bits per heavy atom. The maximum absolute atomic E-state index is 13.7. The van der Waals surface area contributed by atoms with Crippen LogP contribution in [-0.4, -0.2) is 50.5 Å². The summed E-state index contributed by atoms with van der Waals surface area (Å²) in [7, 11) is 0. The lowest BCUT2D eigenvalue weighted by atomic mass is 9.85. The number of nitrogens with one attached hydrogen (secondary N) is 1. The number of amides is 2. The van der Waals surface area contributed by atoms with Crippen molar-refractivity contribution in [1.82, 2.24) is 25.5 Å². The molecule has 8 nitrogen and oxygen atoms in total. The molecule has 0 bridgehead atoms. The third-order valence-corrected chi connectivity index (χ3v) is 5.40. The van der Waals surface area contributed by atoms with Crippen LogP contribution in [0.3, 0.4) is 0 Å². The molecule has 2 saturated heterocycles. The molecule has 3 heterocycles. The Morgan fingerprint density at radius 3 is 2.96 bits per heavy atom. The number of aromatic nitrogens is 2. The van der Waals surface area contributed by atoms with Gasteiger partial charge in [-0.2, -0.15) is 4.98 Å². The van der Waals surface area contributed by atoms with E-state index in [9.17, 15) is 14.0 Å². The molecule has 1 N–H and O–H groups in total. The molecule has 1 unspecified atom stereocenters. The molecule has 2 aromatic rings. The van der Waals surface area contributed by atoms with Gasteiger partial charge < -0.3 is 4.52 Å². The van der Waals surface area contributed by atoms with Crippen molar-refractivity contribution in [3.63, 3.8) is 0 Å². The molecule has 2 amide bonds. The Bertz CT molecular complexity index is 930. The highest BCUT2D eigenvalue weighted by molar-refractivity contribution is 5.99. The molecule has 0 saturated carbocycles. The van der Waals surface area contributed by atoms with Crippen LogP contribution in [-0.2, 0) is 11.3 Å². The van der Waals surface area contributed by atoms with Crippen LogP contribution in [0.15, 0.2) is 22.7 Å². The molecule has 4 rings (SSSR count). The average molecular weight is 387 g/mol. The lowest BCUT2D eigenvalue weighted by Crippen LogP contribution is -2.59. The molecule has 0 radical (unpaired) electrons. The van der Waals surface area contributed by atoms with Crippen molar-refractivity contribution in [2.75, 3.05) is 13.1 Å². The van der Waals surface area contributed by atoms with E-state index in [0.29, 0.717) is 36.8 Å². The minimum Gasteiger partial charge on any atom is -0.340 e. The molecule has 1 aromatic carbocycles. The lowest BCUT2D eigenvalue weighted by molar-refractivity contribution is -0.120. The summed E-state index contributed by atoms with van der Waals surface area (Å²) in [5.41, 5.74) is 2.94. The predicted octanol–water partition coefficient (Wildman–Crippen LogP) is 1.74. The SMILES string of the molecule is Cc1nc(CN2CCCC3(CC(=O)NN3C(=O)c3cc(F)ccc3C)C2)no1. The van der Waals surface area contributed by atoms with Crippen LogP contribution in [0.4, 0.5) is 4.39 Å². The first kappa shape index (κ1) is 18.5. The van der Waals surface area contributed by atoms with E-state index in [1.54, 1.807) is 19.9 Å². The van der Waals surface area contributed by atoms with E-state index >= 15 is 0 Å². The molecule has 2 fully saturated rings. The fraction of sp³-hybridized carbons (Fsp3) is 0.474. The number of carbonyl (C=O) groups is 2. The van der Waals surface area contributed by atoms with Gasteiger partial charge in [0.2, 0.25) is 11.8 Å². The van der Waals surface area contributed by atoms with Crippen LogP contribution in [0.1, 0.15) is 46.9 Å². The number of hydrogen-bond donors (Lipinski definition) is 1. The van der Waals surface area contributed by atoms with E-state index < -0.39 is 11.4 Å². The summed E-state index contributed by atoms with van der Waals surface area (Å²) in [6.07, 6.45) is 1.72. The smallest absolute Gasteiger partial charge is 0.273 e. The van der Waals surface area contributed by atoms with Gasteiger partial charge in [-0.3, -0.25) is 19.9 Å². The third kappa shape index (κ3) is 3.37. The van der Waals surface area contributed by atoms with Gasteiger partial charge in [-0.05, 0) is 44.0 Å². The van der Waals surface area contributed by atoms with Crippen molar-refractivity contribution in [3.8, 4) is 0 Å². The Hall–Kier alpha value is -2.81. The van der Waals surface area contributed by atoms with Crippen molar-refractivity contribution in [1.29, 1.82) is 0 Å². The fourth-order valence-electron chi connectivity index (χ4n) is 4.15. The Balaban J connectivity index is 1.59. The van der Waals surface area contributed by atoms with Crippen LogP contribution in [0, 0.1) is 19.7 Å². The minimum absolute atomic E-state index is 0.209. The minimum atomic E-state index is -0.677. The van der Waals surface area contributed by atoms with Crippen molar-refractivity contribution in [2.24, 2.45) is 0 Å². The molecule has 1 spiro atoms. The van der Waals surface area contributed by atoms with Crippen molar-refractivity contribution >= 4 is 11.8 Å². The molecule has 9 heteroatoms. The first-order valence-corrected chi connectivity index (χ1v) is 9.28. The van der Waals surface area contributed by atoms with Gasteiger partial charge in [0.05, 0.1) is 18.5 Å². The highest BCUT2D eigenvalue weighted by Crippen LogP contribution is 2.35. The number of likely N-dealkylation sites (tertiary alicyclic amines) is 1. The summed E-state index contributed by atoms with van der Waals surface area (Å²) >= 11 is 0. The molecule has 148 valence electrons. The first-order chi connectivity index (χ1) is 13.4. The monoisotopic (exact) mass is 387 g/mol. The maximum Gasteiger partial charge on any atom is 0.273 e. The molecule has 2 aliphatic rings. The van der Waals surface area contributed by atoms with E-state index in [1.165, 1.54) is 17.1 Å². The van der Waals surface area contributed by atoms with Crippen molar-refractivity contribution in [3.05, 3.63) is 46.9 Å². The Labute approximate surface area is 161 Å². The second-order valence-electron chi connectivity index (χ2n) is 7.58. The van der Waals surface area contributed by atoms with Gasteiger partial charge in [0.1, 0.15) is 5.82 Å². The molecule has 2 aliphatic heterocycles. The van der Waals surface area contributed by atoms with Gasteiger partial charge in [0.25, 0.3) is 5.91 Å². The number of halogens is 1. The zero-order valence-electron chi connectivity index (χ0n) is 15.9. The highest BCUT2D eigenvalue weighted by atomic mass is 19.1. The number of hydrogen-bond acceptors (Lipinski definition) is 6. The van der Waals surface area contributed by atoms with Gasteiger partial charge in [0, 0.05) is 19.0 Å². The number of rotatable bonds is 3. The molecule has 1 atom stereocenters. The van der Waals surface area contributed by atoms with Gasteiger partial charge in [0.15, 0.2) is 5.82 Å². The van der Waals surface area contributed by atoms with E-state index in [1.807, 2.05) is 0 Å². The standard InChI is InChI=1S/C19H22FN5O3/c1-12-4-5-14(20)8-15(12)18(27)25-19(9-17(26)22-25)6-3-7-24(11-19)10-16-21-13(2)28-23-16/h4-5,8H,3,6-7,9-11H2,1-2H3,(H,22,26). The summed E-state index contributed by atoms with van der Waals surface area (Å²) < 4.78 is 18.7. The average Bonchev–Trinajstić information content (AvgIpc) is 3.19. The maximum atomic E-state index is 13.7. The summed E-state index contributed by atoms with van der Waals surface area (Å²) in [6.45, 7) is 5.27. The summed E-state index contributed by atoms with van der Waals surface area (Å²) in [4.78, 5) is 31.8. The predicted molar refractivity (Wildman–Crippen MR) is 96.3 cm³/mol. The number of nitrogens with zero attached hydrogens (tertiary/aromatic N) is 4. The van der Waals surface area contributed by atoms with Crippen molar-refractivity contribution < 1.29 is 18.5 Å². The Kier molecular flexibility index (Phi) is 4.62. The molecular weight excluding hydrogens is 365 g/mol. The second kappa shape index (κ2) is 6.97. The summed E-state index contributed by atoms with van der Waals surface area (Å²) in [6, 6.07) is 4.11. The number of benzene rings is 1. The van der Waals surface area contributed by atoms with Crippen LogP contribution in [0.2, 0.25) is 0 Å².